The van der Waals surface area contributed by atoms with E-state index in [0.29, 0.717) is 6.04 Å². The molecule has 0 unspecified atom stereocenters. The number of nitrogens with zero attached hydrogens (tertiary/aromatic N) is 2. The van der Waals surface area contributed by atoms with Gasteiger partial charge in [-0.3, -0.25) is 0 Å². The second kappa shape index (κ2) is 8.38. The minimum absolute atomic E-state index is 0.304. The van der Waals surface area contributed by atoms with E-state index in [9.17, 15) is 9.59 Å². The van der Waals surface area contributed by atoms with Crippen LogP contribution in [0.25, 0.3) is 5.69 Å². The van der Waals surface area contributed by atoms with Gasteiger partial charge in [0, 0.05) is 0 Å². The van der Waals surface area contributed by atoms with Crippen LogP contribution >= 0.6 is 9.58 Å². The second-order valence-electron chi connectivity index (χ2n) is 7.39. The number of halogens is 1. The van der Waals surface area contributed by atoms with Gasteiger partial charge < -0.3 is 0 Å². The third-order valence-corrected chi connectivity index (χ3v) is 11.7. The molecule has 1 aromatic carbocycles. The first-order chi connectivity index (χ1) is 12.9. The van der Waals surface area contributed by atoms with Gasteiger partial charge in [-0.1, -0.05) is 0 Å². The van der Waals surface area contributed by atoms with E-state index in [1.807, 2.05) is 17.0 Å². The van der Waals surface area contributed by atoms with Gasteiger partial charge in [0.1, 0.15) is 0 Å². The first kappa shape index (κ1) is 20.4. The van der Waals surface area contributed by atoms with E-state index < -0.39 is 13.8 Å². The summed E-state index contributed by atoms with van der Waals surface area (Å²) in [7, 11) is 6.74. The van der Waals surface area contributed by atoms with Crippen LogP contribution in [0.1, 0.15) is 61.3 Å². The van der Waals surface area contributed by atoms with E-state index in [0.717, 1.165) is 43.2 Å². The van der Waals surface area contributed by atoms with Crippen LogP contribution in [0.2, 0.25) is 0 Å². The van der Waals surface area contributed by atoms with Gasteiger partial charge in [-0.05, 0) is 0 Å². The van der Waals surface area contributed by atoms with Crippen molar-refractivity contribution in [1.29, 1.82) is 0 Å². The van der Waals surface area contributed by atoms with Crippen molar-refractivity contribution in [3.63, 3.8) is 0 Å². The average Bonchev–Trinajstić information content (AvgIpc) is 2.88. The maximum absolute atomic E-state index is 12.0. The number of carbonyl (C=O) groups excluding carboxylic acids is 2. The topological polar surface area (TPSA) is 44.0 Å². The van der Waals surface area contributed by atoms with Crippen molar-refractivity contribution in [2.24, 2.45) is 0 Å². The van der Waals surface area contributed by atoms with Crippen LogP contribution in [0.4, 0.5) is 0 Å². The van der Waals surface area contributed by atoms with Crippen molar-refractivity contribution >= 4 is 19.2 Å². The zero-order chi connectivity index (χ0) is 19.6. The Hall–Kier alpha value is -1.29. The fourth-order valence-electron chi connectivity index (χ4n) is 4.24. The molecule has 6 heteroatoms. The molecular formula is C21H28ClIrN2O2. The van der Waals surface area contributed by atoms with Gasteiger partial charge in [0.2, 0.25) is 0 Å². The van der Waals surface area contributed by atoms with Gasteiger partial charge in [-0.2, -0.15) is 0 Å². The second-order valence-corrected chi connectivity index (χ2v) is 16.7. The fourth-order valence-corrected chi connectivity index (χ4v) is 8.80. The van der Waals surface area contributed by atoms with Crippen molar-refractivity contribution in [1.82, 2.24) is 9.13 Å². The van der Waals surface area contributed by atoms with E-state index in [4.69, 9.17) is 9.58 Å². The fraction of sp³-hybridized carbons (Fsp3) is 0.476. The first-order valence-corrected chi connectivity index (χ1v) is 16.3. The van der Waals surface area contributed by atoms with Gasteiger partial charge in [0.05, 0.1) is 0 Å². The van der Waals surface area contributed by atoms with Crippen LogP contribution in [0, 0.1) is 24.7 Å². The van der Waals surface area contributed by atoms with Gasteiger partial charge in [-0.15, -0.1) is 0 Å². The Morgan fingerprint density at radius 3 is 2.04 bits per heavy atom. The molecule has 1 aliphatic rings. The summed E-state index contributed by atoms with van der Waals surface area (Å²) in [4.78, 5) is 25.4. The number of aryl methyl sites for hydroxylation is 3. The van der Waals surface area contributed by atoms with Gasteiger partial charge in [0.15, 0.2) is 0 Å². The summed E-state index contributed by atoms with van der Waals surface area (Å²) < 4.78 is 4.90. The van der Waals surface area contributed by atoms with Gasteiger partial charge in [-0.25, -0.2) is 0 Å². The molecule has 0 aliphatic heterocycles. The molecule has 4 nitrogen and oxygen atoms in total. The number of hydrogen-bond donors (Lipinski definition) is 0. The SMILES string of the molecule is Cc1cc(C)c(-n2ccn(C3CCCCCC3)[c]2=[Ir]([Cl])([CH]=O)[CH]=O)c(C)c1. The van der Waals surface area contributed by atoms with Gasteiger partial charge >= 0.3 is 168 Å². The zero-order valence-corrected chi connectivity index (χ0v) is 19.4. The zero-order valence-electron chi connectivity index (χ0n) is 16.2. The van der Waals surface area contributed by atoms with Crippen molar-refractivity contribution in [2.45, 2.75) is 65.3 Å². The molecule has 1 heterocycles. The van der Waals surface area contributed by atoms with E-state index in [-0.39, 0.29) is 0 Å². The number of hydrogen-bond acceptors (Lipinski definition) is 2. The molecule has 0 bridgehead atoms. The van der Waals surface area contributed by atoms with Crippen molar-refractivity contribution < 1.29 is 23.4 Å². The Labute approximate surface area is 167 Å². The Morgan fingerprint density at radius 1 is 0.963 bits per heavy atom. The summed E-state index contributed by atoms with van der Waals surface area (Å²) in [5, 5.41) is 0. The standard InChI is InChI=1S/C19H26N2.2CHO.ClH.Ir/c1-15-12-16(2)19(17(3)13-15)21-11-10-20(14-21)18-8-6-4-5-7-9-18;2*1-2;;/h10-13,18H,4-9H2,1-3H3;2*1H;1H;/q;;;;+1/p-1. The van der Waals surface area contributed by atoms with E-state index >= 15 is 0 Å². The predicted octanol–water partition coefficient (Wildman–Crippen LogP) is 5.32. The van der Waals surface area contributed by atoms with Crippen LogP contribution in [-0.2, 0) is 23.4 Å². The molecule has 0 saturated heterocycles. The van der Waals surface area contributed by atoms with Crippen LogP contribution in [0.3, 0.4) is 0 Å². The molecular weight excluding hydrogens is 540 g/mol. The van der Waals surface area contributed by atoms with Crippen molar-refractivity contribution in [2.75, 3.05) is 0 Å². The molecule has 1 aromatic heterocycles. The van der Waals surface area contributed by atoms with Gasteiger partial charge in [0.25, 0.3) is 0 Å². The Kier molecular flexibility index (Phi) is 6.35. The molecule has 0 radical (unpaired) electrons. The number of imidazole rings is 1. The Morgan fingerprint density at radius 2 is 1.52 bits per heavy atom. The molecule has 0 atom stereocenters. The van der Waals surface area contributed by atoms with E-state index in [1.54, 1.807) is 0 Å². The first-order valence-electron chi connectivity index (χ1n) is 9.40. The number of rotatable bonds is 4. The van der Waals surface area contributed by atoms with Crippen LogP contribution in [0.5, 0.6) is 0 Å². The Balaban J connectivity index is 2.35. The normalized spacial score (nSPS) is 16.7. The third-order valence-electron chi connectivity index (χ3n) is 5.32. The average molecular weight is 568 g/mol. The number of carbonyl (C=O) groups is 2. The summed E-state index contributed by atoms with van der Waals surface area (Å²) in [5.74, 6) is 0. The molecule has 0 N–H and O–H groups in total. The monoisotopic (exact) mass is 568 g/mol. The number of benzene rings is 1. The van der Waals surface area contributed by atoms with Crippen LogP contribution < -0.4 is 0 Å². The Bertz CT molecular complexity index is 914. The predicted molar refractivity (Wildman–Crippen MR) is 107 cm³/mol. The summed E-state index contributed by atoms with van der Waals surface area (Å²) >= 11 is -4.02. The molecule has 1 saturated carbocycles. The van der Waals surface area contributed by atoms with Crippen LogP contribution in [-0.4, -0.2) is 18.7 Å². The summed E-state index contributed by atoms with van der Waals surface area (Å²) in [6.45, 7) is 6.21. The molecule has 0 amide bonds. The maximum atomic E-state index is 12.0. The number of aromatic nitrogens is 2. The molecule has 0 spiro atoms. The summed E-state index contributed by atoms with van der Waals surface area (Å²) in [6, 6.07) is 4.57. The molecule has 150 valence electrons. The van der Waals surface area contributed by atoms with E-state index in [1.165, 1.54) is 31.2 Å². The van der Waals surface area contributed by atoms with Crippen molar-refractivity contribution in [3.8, 4) is 5.69 Å². The molecule has 3 rings (SSSR count). The summed E-state index contributed by atoms with van der Waals surface area (Å²) in [5.41, 5.74) is 4.47. The summed E-state index contributed by atoms with van der Waals surface area (Å²) in [6.07, 6.45) is 11.0. The minimum atomic E-state index is -4.02. The quantitative estimate of drug-likeness (QED) is 0.371. The molecule has 2 aromatic rings. The molecule has 27 heavy (non-hydrogen) atoms. The van der Waals surface area contributed by atoms with Crippen molar-refractivity contribution in [3.05, 3.63) is 45.1 Å². The molecule has 1 fully saturated rings. The van der Waals surface area contributed by atoms with E-state index in [2.05, 4.69) is 37.5 Å². The van der Waals surface area contributed by atoms with Crippen LogP contribution in [0.15, 0.2) is 24.5 Å². The third kappa shape index (κ3) is 3.96. The molecule has 1 aliphatic carbocycles.